The van der Waals surface area contributed by atoms with E-state index >= 15 is 0 Å². The monoisotopic (exact) mass is 294 g/mol. The fourth-order valence-corrected chi connectivity index (χ4v) is 5.90. The Kier molecular flexibility index (Phi) is 4.20. The Morgan fingerprint density at radius 1 is 1.28 bits per heavy atom. The first-order chi connectivity index (χ1) is 8.44. The molecular formula is C10H18N2O4S2. The lowest BCUT2D eigenvalue weighted by atomic mass is 10.2. The summed E-state index contributed by atoms with van der Waals surface area (Å²) in [7, 11) is -3.64. The number of piperidine rings is 1. The van der Waals surface area contributed by atoms with Crippen molar-refractivity contribution in [2.45, 2.75) is 37.6 Å². The van der Waals surface area contributed by atoms with E-state index in [1.165, 1.54) is 16.1 Å². The number of thioether (sulfide) groups is 1. The van der Waals surface area contributed by atoms with Crippen LogP contribution in [0.2, 0.25) is 0 Å². The van der Waals surface area contributed by atoms with Crippen LogP contribution in [0.25, 0.3) is 0 Å². The van der Waals surface area contributed by atoms with E-state index in [2.05, 4.69) is 0 Å². The summed E-state index contributed by atoms with van der Waals surface area (Å²) in [5.74, 6) is -0.740. The maximum absolute atomic E-state index is 12.5. The quantitative estimate of drug-likeness (QED) is 0.823. The van der Waals surface area contributed by atoms with Gasteiger partial charge >= 0.3 is 5.97 Å². The maximum atomic E-state index is 12.5. The first kappa shape index (κ1) is 14.1. The highest BCUT2D eigenvalue weighted by Gasteiger charge is 2.46. The van der Waals surface area contributed by atoms with Crippen LogP contribution in [0.1, 0.15) is 26.2 Å². The highest BCUT2D eigenvalue weighted by Crippen LogP contribution is 2.33. The van der Waals surface area contributed by atoms with E-state index in [-0.39, 0.29) is 5.37 Å². The van der Waals surface area contributed by atoms with Gasteiger partial charge in [-0.3, -0.25) is 4.79 Å². The molecule has 0 aromatic heterocycles. The molecule has 2 unspecified atom stereocenters. The Morgan fingerprint density at radius 2 is 1.89 bits per heavy atom. The summed E-state index contributed by atoms with van der Waals surface area (Å²) >= 11 is 1.37. The molecule has 2 fully saturated rings. The van der Waals surface area contributed by atoms with Crippen molar-refractivity contribution in [2.75, 3.05) is 18.8 Å². The number of carboxylic acid groups (broad SMARTS) is 1. The Bertz CT molecular complexity index is 420. The van der Waals surface area contributed by atoms with E-state index in [0.29, 0.717) is 18.8 Å². The fraction of sp³-hybridized carbons (Fsp3) is 0.900. The zero-order valence-electron chi connectivity index (χ0n) is 10.3. The lowest BCUT2D eigenvalue weighted by molar-refractivity contribution is -0.140. The molecule has 0 spiro atoms. The zero-order chi connectivity index (χ0) is 13.3. The van der Waals surface area contributed by atoms with E-state index in [9.17, 15) is 13.2 Å². The van der Waals surface area contributed by atoms with Gasteiger partial charge in [-0.25, -0.2) is 0 Å². The zero-order valence-corrected chi connectivity index (χ0v) is 11.9. The fourth-order valence-electron chi connectivity index (χ4n) is 2.39. The average molecular weight is 294 g/mol. The summed E-state index contributed by atoms with van der Waals surface area (Å²) in [6.45, 7) is 2.75. The van der Waals surface area contributed by atoms with E-state index in [1.807, 2.05) is 0 Å². The van der Waals surface area contributed by atoms with Gasteiger partial charge in [-0.15, -0.1) is 11.8 Å². The number of hydrogen-bond acceptors (Lipinski definition) is 4. The molecule has 18 heavy (non-hydrogen) atoms. The minimum absolute atomic E-state index is 0.307. The van der Waals surface area contributed by atoms with Crippen LogP contribution in [0.3, 0.4) is 0 Å². The second kappa shape index (κ2) is 5.36. The smallest absolute Gasteiger partial charge is 0.322 e. The van der Waals surface area contributed by atoms with Crippen molar-refractivity contribution in [3.05, 3.63) is 0 Å². The van der Waals surface area contributed by atoms with Crippen molar-refractivity contribution in [1.29, 1.82) is 0 Å². The highest BCUT2D eigenvalue weighted by molar-refractivity contribution is 8.01. The normalized spacial score (nSPS) is 31.6. The van der Waals surface area contributed by atoms with Gasteiger partial charge in [0.05, 0.1) is 5.37 Å². The molecule has 2 rings (SSSR count). The van der Waals surface area contributed by atoms with Gasteiger partial charge in [0.15, 0.2) is 0 Å². The molecule has 2 aliphatic heterocycles. The number of nitrogens with zero attached hydrogens (tertiary/aromatic N) is 2. The molecular weight excluding hydrogens is 276 g/mol. The molecule has 2 atom stereocenters. The second-order valence-corrected chi connectivity index (χ2v) is 7.77. The predicted octanol–water partition coefficient (Wildman–Crippen LogP) is 0.565. The topological polar surface area (TPSA) is 77.9 Å². The Morgan fingerprint density at radius 3 is 2.44 bits per heavy atom. The Hall–Kier alpha value is -0.310. The minimum Gasteiger partial charge on any atom is -0.480 e. The molecule has 0 bridgehead atoms. The third-order valence-corrected chi connectivity index (χ3v) is 6.83. The maximum Gasteiger partial charge on any atom is 0.322 e. The Labute approximate surface area is 112 Å². The van der Waals surface area contributed by atoms with Gasteiger partial charge in [0.1, 0.15) is 6.04 Å². The summed E-state index contributed by atoms with van der Waals surface area (Å²) in [6, 6.07) is -0.933. The summed E-state index contributed by atoms with van der Waals surface area (Å²) in [5.41, 5.74) is 0. The number of carboxylic acids is 1. The van der Waals surface area contributed by atoms with Crippen molar-refractivity contribution in [3.8, 4) is 0 Å². The Balaban J connectivity index is 2.23. The molecule has 8 heteroatoms. The molecule has 2 aliphatic rings. The van der Waals surface area contributed by atoms with Crippen LogP contribution in [0.4, 0.5) is 0 Å². The van der Waals surface area contributed by atoms with Gasteiger partial charge in [-0.2, -0.15) is 17.0 Å². The van der Waals surface area contributed by atoms with Gasteiger partial charge in [0, 0.05) is 18.8 Å². The molecule has 0 saturated carbocycles. The molecule has 0 aliphatic carbocycles. The third kappa shape index (κ3) is 2.52. The van der Waals surface area contributed by atoms with Crippen molar-refractivity contribution >= 4 is 27.9 Å². The van der Waals surface area contributed by atoms with Crippen LogP contribution in [-0.4, -0.2) is 58.4 Å². The van der Waals surface area contributed by atoms with Gasteiger partial charge in [0.25, 0.3) is 10.2 Å². The minimum atomic E-state index is -3.64. The number of hydrogen-bond donors (Lipinski definition) is 1. The molecule has 0 aromatic carbocycles. The van der Waals surface area contributed by atoms with Gasteiger partial charge < -0.3 is 5.11 Å². The lowest BCUT2D eigenvalue weighted by Gasteiger charge is -2.33. The standard InChI is InChI=1S/C10H18N2O4S2/c1-8-12(9(7-17-8)10(13)14)18(15,16)11-5-3-2-4-6-11/h8-9H,2-7H2,1H3,(H,13,14). The van der Waals surface area contributed by atoms with Crippen LogP contribution in [0.15, 0.2) is 0 Å². The van der Waals surface area contributed by atoms with Crippen molar-refractivity contribution < 1.29 is 18.3 Å². The summed E-state index contributed by atoms with van der Waals surface area (Å²) < 4.78 is 27.6. The first-order valence-corrected chi connectivity index (χ1v) is 8.52. The molecule has 2 heterocycles. The molecule has 0 amide bonds. The molecule has 104 valence electrons. The van der Waals surface area contributed by atoms with Gasteiger partial charge in [-0.1, -0.05) is 6.42 Å². The molecule has 0 radical (unpaired) electrons. The largest absolute Gasteiger partial charge is 0.480 e. The average Bonchev–Trinajstić information content (AvgIpc) is 2.73. The third-order valence-electron chi connectivity index (χ3n) is 3.35. The molecule has 1 N–H and O–H groups in total. The second-order valence-electron chi connectivity index (χ2n) is 4.58. The number of aliphatic carboxylic acids is 1. The van der Waals surface area contributed by atoms with Crippen molar-refractivity contribution in [1.82, 2.24) is 8.61 Å². The highest BCUT2D eigenvalue weighted by atomic mass is 32.2. The molecule has 6 nitrogen and oxygen atoms in total. The SMILES string of the molecule is CC1SCC(C(=O)O)N1S(=O)(=O)N1CCCCC1. The van der Waals surface area contributed by atoms with Gasteiger partial charge in [-0.05, 0) is 19.8 Å². The van der Waals surface area contributed by atoms with Crippen molar-refractivity contribution in [3.63, 3.8) is 0 Å². The van der Waals surface area contributed by atoms with Crippen LogP contribution in [0.5, 0.6) is 0 Å². The van der Waals surface area contributed by atoms with E-state index < -0.39 is 22.2 Å². The molecule has 2 saturated heterocycles. The van der Waals surface area contributed by atoms with Crippen LogP contribution in [0, 0.1) is 0 Å². The van der Waals surface area contributed by atoms with E-state index in [0.717, 1.165) is 23.6 Å². The van der Waals surface area contributed by atoms with Crippen LogP contribution >= 0.6 is 11.8 Å². The summed E-state index contributed by atoms with van der Waals surface area (Å²) in [5, 5.41) is 8.82. The van der Waals surface area contributed by atoms with E-state index in [1.54, 1.807) is 6.92 Å². The summed E-state index contributed by atoms with van der Waals surface area (Å²) in [6.07, 6.45) is 2.75. The van der Waals surface area contributed by atoms with Gasteiger partial charge in [0.2, 0.25) is 0 Å². The summed E-state index contributed by atoms with van der Waals surface area (Å²) in [4.78, 5) is 11.1. The number of carbonyl (C=O) groups is 1. The lowest BCUT2D eigenvalue weighted by Crippen LogP contribution is -2.52. The predicted molar refractivity (Wildman–Crippen MR) is 69.5 cm³/mol. The van der Waals surface area contributed by atoms with E-state index in [4.69, 9.17) is 5.11 Å². The first-order valence-electron chi connectivity index (χ1n) is 6.07. The van der Waals surface area contributed by atoms with Crippen molar-refractivity contribution in [2.24, 2.45) is 0 Å². The molecule has 0 aromatic rings. The number of rotatable bonds is 3. The van der Waals surface area contributed by atoms with Crippen LogP contribution < -0.4 is 0 Å². The van der Waals surface area contributed by atoms with Crippen LogP contribution in [-0.2, 0) is 15.0 Å².